The number of carboxylic acids is 1. The Labute approximate surface area is 94.2 Å². The second-order valence-corrected chi connectivity index (χ2v) is 3.92. The highest BCUT2D eigenvalue weighted by Crippen LogP contribution is 2.18. The highest BCUT2D eigenvalue weighted by Gasteiger charge is 2.27. The molecule has 86 valence electrons. The van der Waals surface area contributed by atoms with Crippen LogP contribution in [0.3, 0.4) is 0 Å². The molecule has 0 saturated carbocycles. The Balaban J connectivity index is 1.93. The molecule has 1 saturated heterocycles. The van der Waals surface area contributed by atoms with Gasteiger partial charge in [-0.05, 0) is 25.1 Å². The zero-order valence-electron chi connectivity index (χ0n) is 8.93. The summed E-state index contributed by atoms with van der Waals surface area (Å²) in [6, 6.07) is 9.03. The fourth-order valence-electron chi connectivity index (χ4n) is 1.87. The molecule has 0 spiro atoms. The fraction of sp³-hybridized carbons (Fsp3) is 0.417. The maximum atomic E-state index is 10.8. The van der Waals surface area contributed by atoms with Crippen molar-refractivity contribution in [1.82, 2.24) is 5.32 Å². The highest BCUT2D eigenvalue weighted by molar-refractivity contribution is 5.73. The van der Waals surface area contributed by atoms with E-state index in [0.717, 1.165) is 12.2 Å². The van der Waals surface area contributed by atoms with E-state index in [1.54, 1.807) is 0 Å². The summed E-state index contributed by atoms with van der Waals surface area (Å²) in [5.41, 5.74) is 0. The van der Waals surface area contributed by atoms with E-state index in [0.29, 0.717) is 13.0 Å². The lowest BCUT2D eigenvalue weighted by atomic mass is 10.0. The summed E-state index contributed by atoms with van der Waals surface area (Å²) in [6.07, 6.45) is 1.35. The van der Waals surface area contributed by atoms with Gasteiger partial charge in [0.15, 0.2) is 0 Å². The van der Waals surface area contributed by atoms with Crippen molar-refractivity contribution in [1.29, 1.82) is 0 Å². The topological polar surface area (TPSA) is 58.6 Å². The van der Waals surface area contributed by atoms with Gasteiger partial charge < -0.3 is 15.2 Å². The van der Waals surface area contributed by atoms with Gasteiger partial charge >= 0.3 is 5.97 Å². The molecule has 1 heterocycles. The van der Waals surface area contributed by atoms with Gasteiger partial charge in [0, 0.05) is 6.42 Å². The molecule has 2 N–H and O–H groups in total. The Morgan fingerprint density at radius 1 is 1.38 bits per heavy atom. The first-order chi connectivity index (χ1) is 7.75. The van der Waals surface area contributed by atoms with Crippen LogP contribution in [0.2, 0.25) is 0 Å². The third-order valence-corrected chi connectivity index (χ3v) is 2.70. The molecule has 0 radical (unpaired) electrons. The zero-order valence-corrected chi connectivity index (χ0v) is 8.93. The molecule has 1 aromatic carbocycles. The lowest BCUT2D eigenvalue weighted by Crippen LogP contribution is -2.46. The Hall–Kier alpha value is -1.55. The second kappa shape index (κ2) is 4.99. The average Bonchev–Trinajstić information content (AvgIpc) is 2.30. The fourth-order valence-corrected chi connectivity index (χ4v) is 1.87. The number of benzene rings is 1. The van der Waals surface area contributed by atoms with E-state index in [-0.39, 0.29) is 6.10 Å². The highest BCUT2D eigenvalue weighted by atomic mass is 16.5. The SMILES string of the molecule is O=C(O)C1CC(Oc2ccccc2)CCN1. The molecule has 1 aromatic rings. The van der Waals surface area contributed by atoms with E-state index in [2.05, 4.69) is 5.32 Å². The van der Waals surface area contributed by atoms with Crippen molar-refractivity contribution in [3.05, 3.63) is 30.3 Å². The molecule has 2 atom stereocenters. The number of para-hydroxylation sites is 1. The molecule has 0 bridgehead atoms. The monoisotopic (exact) mass is 221 g/mol. The van der Waals surface area contributed by atoms with Gasteiger partial charge in [0.25, 0.3) is 0 Å². The van der Waals surface area contributed by atoms with Crippen LogP contribution in [0.4, 0.5) is 0 Å². The normalized spacial score (nSPS) is 25.0. The first kappa shape index (κ1) is 11.0. The number of ether oxygens (including phenoxy) is 1. The number of carbonyl (C=O) groups is 1. The molecular weight excluding hydrogens is 206 g/mol. The number of nitrogens with one attached hydrogen (secondary N) is 1. The molecule has 1 aliphatic rings. The number of aliphatic carboxylic acids is 1. The van der Waals surface area contributed by atoms with Gasteiger partial charge in [0.2, 0.25) is 0 Å². The minimum atomic E-state index is -0.804. The zero-order chi connectivity index (χ0) is 11.4. The van der Waals surface area contributed by atoms with Crippen LogP contribution in [0.25, 0.3) is 0 Å². The summed E-state index contributed by atoms with van der Waals surface area (Å²) in [4.78, 5) is 10.8. The Bertz CT molecular complexity index is 353. The van der Waals surface area contributed by atoms with Gasteiger partial charge in [0.1, 0.15) is 17.9 Å². The van der Waals surface area contributed by atoms with Gasteiger partial charge in [-0.2, -0.15) is 0 Å². The number of hydrogen-bond acceptors (Lipinski definition) is 3. The Morgan fingerprint density at radius 3 is 2.81 bits per heavy atom. The van der Waals surface area contributed by atoms with E-state index >= 15 is 0 Å². The minimum Gasteiger partial charge on any atom is -0.490 e. The minimum absolute atomic E-state index is 0.00949. The maximum Gasteiger partial charge on any atom is 0.320 e. The van der Waals surface area contributed by atoms with E-state index in [4.69, 9.17) is 9.84 Å². The van der Waals surface area contributed by atoms with Crippen LogP contribution in [-0.4, -0.2) is 29.8 Å². The largest absolute Gasteiger partial charge is 0.490 e. The summed E-state index contributed by atoms with van der Waals surface area (Å²) in [5.74, 6) is -0.0000922. The molecule has 1 aliphatic heterocycles. The van der Waals surface area contributed by atoms with Crippen molar-refractivity contribution in [3.63, 3.8) is 0 Å². The lowest BCUT2D eigenvalue weighted by molar-refractivity contribution is -0.140. The van der Waals surface area contributed by atoms with E-state index in [1.807, 2.05) is 30.3 Å². The van der Waals surface area contributed by atoms with Crippen molar-refractivity contribution in [2.24, 2.45) is 0 Å². The molecule has 0 aromatic heterocycles. The quantitative estimate of drug-likeness (QED) is 0.807. The van der Waals surface area contributed by atoms with Crippen molar-refractivity contribution in [2.75, 3.05) is 6.54 Å². The molecule has 2 unspecified atom stereocenters. The van der Waals surface area contributed by atoms with Gasteiger partial charge in [-0.15, -0.1) is 0 Å². The third-order valence-electron chi connectivity index (χ3n) is 2.70. The molecule has 1 fully saturated rings. The Kier molecular flexibility index (Phi) is 3.41. The lowest BCUT2D eigenvalue weighted by Gasteiger charge is -2.28. The van der Waals surface area contributed by atoms with Crippen LogP contribution in [-0.2, 0) is 4.79 Å². The number of carboxylic acid groups (broad SMARTS) is 1. The van der Waals surface area contributed by atoms with Crippen LogP contribution < -0.4 is 10.1 Å². The van der Waals surface area contributed by atoms with Crippen molar-refractivity contribution in [3.8, 4) is 5.75 Å². The molecule has 4 heteroatoms. The predicted octanol–water partition coefficient (Wildman–Crippen LogP) is 1.27. The predicted molar refractivity (Wildman–Crippen MR) is 59.5 cm³/mol. The van der Waals surface area contributed by atoms with Gasteiger partial charge in [-0.25, -0.2) is 0 Å². The first-order valence-electron chi connectivity index (χ1n) is 5.43. The van der Waals surface area contributed by atoms with Crippen LogP contribution in [0.15, 0.2) is 30.3 Å². The van der Waals surface area contributed by atoms with Crippen LogP contribution >= 0.6 is 0 Å². The summed E-state index contributed by atoms with van der Waals surface area (Å²) in [7, 11) is 0. The summed E-state index contributed by atoms with van der Waals surface area (Å²) in [6.45, 7) is 0.689. The molecule has 16 heavy (non-hydrogen) atoms. The summed E-state index contributed by atoms with van der Waals surface area (Å²) >= 11 is 0. The van der Waals surface area contributed by atoms with Crippen molar-refractivity contribution < 1.29 is 14.6 Å². The van der Waals surface area contributed by atoms with Gasteiger partial charge in [-0.1, -0.05) is 18.2 Å². The van der Waals surface area contributed by atoms with Crippen LogP contribution in [0, 0.1) is 0 Å². The summed E-state index contributed by atoms with van der Waals surface area (Å²) in [5, 5.41) is 11.9. The molecule has 0 aliphatic carbocycles. The number of hydrogen-bond donors (Lipinski definition) is 2. The third kappa shape index (κ3) is 2.73. The maximum absolute atomic E-state index is 10.8. The Morgan fingerprint density at radius 2 is 2.12 bits per heavy atom. The van der Waals surface area contributed by atoms with E-state index in [9.17, 15) is 4.79 Å². The second-order valence-electron chi connectivity index (χ2n) is 3.92. The summed E-state index contributed by atoms with van der Waals surface area (Å²) < 4.78 is 5.73. The average molecular weight is 221 g/mol. The molecule has 2 rings (SSSR count). The molecular formula is C12H15NO3. The molecule has 4 nitrogen and oxygen atoms in total. The van der Waals surface area contributed by atoms with E-state index < -0.39 is 12.0 Å². The smallest absolute Gasteiger partial charge is 0.320 e. The number of piperidine rings is 1. The van der Waals surface area contributed by atoms with Crippen molar-refractivity contribution in [2.45, 2.75) is 25.0 Å². The van der Waals surface area contributed by atoms with Crippen molar-refractivity contribution >= 4 is 5.97 Å². The van der Waals surface area contributed by atoms with Gasteiger partial charge in [-0.3, -0.25) is 4.79 Å². The molecule has 0 amide bonds. The van der Waals surface area contributed by atoms with Crippen LogP contribution in [0.5, 0.6) is 5.75 Å². The standard InChI is InChI=1S/C12H15NO3/c14-12(15)11-8-10(6-7-13-11)16-9-4-2-1-3-5-9/h1-5,10-11,13H,6-8H2,(H,14,15). The van der Waals surface area contributed by atoms with Gasteiger partial charge in [0.05, 0.1) is 0 Å². The number of rotatable bonds is 3. The first-order valence-corrected chi connectivity index (χ1v) is 5.43. The van der Waals surface area contributed by atoms with E-state index in [1.165, 1.54) is 0 Å². The van der Waals surface area contributed by atoms with Crippen LogP contribution in [0.1, 0.15) is 12.8 Å².